The Morgan fingerprint density at radius 1 is 0.931 bits per heavy atom. The Balaban J connectivity index is 1.08. The summed E-state index contributed by atoms with van der Waals surface area (Å²) in [5.41, 5.74) is 1.20. The van der Waals surface area contributed by atoms with Crippen LogP contribution in [0.4, 0.5) is 5.69 Å². The van der Waals surface area contributed by atoms with Crippen LogP contribution in [-0.2, 0) is 14.4 Å². The summed E-state index contributed by atoms with van der Waals surface area (Å²) < 4.78 is 5.22. The molecule has 3 fully saturated rings. The van der Waals surface area contributed by atoms with Gasteiger partial charge in [0.15, 0.2) is 0 Å². The van der Waals surface area contributed by atoms with Crippen molar-refractivity contribution >= 4 is 17.5 Å². The number of fused-ring (bicyclic) bond motifs is 5. The van der Waals surface area contributed by atoms with Crippen molar-refractivity contribution in [2.24, 2.45) is 23.7 Å². The van der Waals surface area contributed by atoms with Gasteiger partial charge in [0.25, 0.3) is 11.8 Å². The Hall–Kier alpha value is -2.38. The topological polar surface area (TPSA) is 62.3 Å². The summed E-state index contributed by atoms with van der Waals surface area (Å²) in [5.74, 6) is 0.657. The molecule has 5 rings (SSSR count). The highest BCUT2D eigenvalue weighted by Crippen LogP contribution is 2.52. The Morgan fingerprint density at radius 3 is 2.14 bits per heavy atom. The molecule has 2 amide bonds. The SMILES string of the molecule is COc1ccc(N2CCN(CCON3C(=O)C4C(C3=O)[C@H]3C=C[C@@H]4C3)CC2)cc1. The number of amides is 2. The standard InChI is InChI=1S/C22H27N3O4/c1-28-18-6-4-17(5-7-18)24-10-8-23(9-11-24)12-13-29-25-21(26)19-15-2-3-16(14-15)20(19)22(25)27/h2-7,15-16,19-20H,8-14H2,1H3/t15-,16+,19?,20?. The van der Waals surface area contributed by atoms with Gasteiger partial charge in [0, 0.05) is 38.4 Å². The number of hydroxylamine groups is 2. The molecule has 7 heteroatoms. The first kappa shape index (κ1) is 18.6. The van der Waals surface area contributed by atoms with E-state index in [1.807, 2.05) is 12.1 Å². The average molecular weight is 397 g/mol. The van der Waals surface area contributed by atoms with Gasteiger partial charge >= 0.3 is 0 Å². The van der Waals surface area contributed by atoms with Gasteiger partial charge in [-0.2, -0.15) is 5.06 Å². The van der Waals surface area contributed by atoms with Crippen molar-refractivity contribution in [1.29, 1.82) is 0 Å². The molecule has 4 atom stereocenters. The van der Waals surface area contributed by atoms with Crippen LogP contribution < -0.4 is 9.64 Å². The molecule has 29 heavy (non-hydrogen) atoms. The number of anilines is 1. The fourth-order valence-corrected chi connectivity index (χ4v) is 5.29. The number of methoxy groups -OCH3 is 1. The van der Waals surface area contributed by atoms with Crippen molar-refractivity contribution in [3.63, 3.8) is 0 Å². The van der Waals surface area contributed by atoms with Gasteiger partial charge in [0.2, 0.25) is 0 Å². The molecule has 2 unspecified atom stereocenters. The van der Waals surface area contributed by atoms with Crippen molar-refractivity contribution in [3.8, 4) is 5.75 Å². The number of piperazine rings is 1. The molecule has 0 N–H and O–H groups in total. The third-order valence-electron chi connectivity index (χ3n) is 6.87. The van der Waals surface area contributed by atoms with Crippen LogP contribution in [-0.4, -0.2) is 68.2 Å². The molecule has 2 aliphatic heterocycles. The number of hydrogen-bond donors (Lipinski definition) is 0. The first-order valence-corrected chi connectivity index (χ1v) is 10.5. The first-order valence-electron chi connectivity index (χ1n) is 10.5. The van der Waals surface area contributed by atoms with E-state index in [0.29, 0.717) is 13.2 Å². The number of ether oxygens (including phenoxy) is 1. The van der Waals surface area contributed by atoms with Crippen LogP contribution in [0.1, 0.15) is 6.42 Å². The molecular formula is C22H27N3O4. The van der Waals surface area contributed by atoms with Gasteiger partial charge in [0.1, 0.15) is 5.75 Å². The van der Waals surface area contributed by atoms with E-state index >= 15 is 0 Å². The van der Waals surface area contributed by atoms with E-state index in [0.717, 1.165) is 43.4 Å². The number of carbonyl (C=O) groups excluding carboxylic acids is 2. The van der Waals surface area contributed by atoms with Crippen LogP contribution in [0, 0.1) is 23.7 Å². The summed E-state index contributed by atoms with van der Waals surface area (Å²) in [6, 6.07) is 8.13. The molecule has 2 aliphatic carbocycles. The average Bonchev–Trinajstić information content (AvgIpc) is 3.44. The summed E-state index contributed by atoms with van der Waals surface area (Å²) in [6.45, 7) is 4.81. The van der Waals surface area contributed by atoms with E-state index in [4.69, 9.17) is 9.57 Å². The van der Waals surface area contributed by atoms with E-state index in [1.165, 1.54) is 5.69 Å². The smallest absolute Gasteiger partial charge is 0.258 e. The Labute approximate surface area is 170 Å². The molecule has 0 spiro atoms. The van der Waals surface area contributed by atoms with Crippen LogP contribution in [0.25, 0.3) is 0 Å². The predicted molar refractivity (Wildman–Crippen MR) is 107 cm³/mol. The van der Waals surface area contributed by atoms with Crippen LogP contribution in [0.2, 0.25) is 0 Å². The zero-order valence-corrected chi connectivity index (χ0v) is 16.7. The summed E-state index contributed by atoms with van der Waals surface area (Å²) in [4.78, 5) is 35.6. The molecule has 2 bridgehead atoms. The fourth-order valence-electron chi connectivity index (χ4n) is 5.29. The lowest BCUT2D eigenvalue weighted by molar-refractivity contribution is -0.191. The lowest BCUT2D eigenvalue weighted by Gasteiger charge is -2.36. The molecule has 4 aliphatic rings. The second-order valence-corrected chi connectivity index (χ2v) is 8.33. The van der Waals surface area contributed by atoms with Gasteiger partial charge in [-0.05, 0) is 42.5 Å². The number of allylic oxidation sites excluding steroid dienone is 2. The van der Waals surface area contributed by atoms with Crippen LogP contribution >= 0.6 is 0 Å². The second-order valence-electron chi connectivity index (χ2n) is 8.33. The van der Waals surface area contributed by atoms with E-state index in [-0.39, 0.29) is 35.5 Å². The third kappa shape index (κ3) is 3.22. The molecule has 2 saturated heterocycles. The predicted octanol–water partition coefficient (Wildman–Crippen LogP) is 1.56. The molecule has 0 aromatic heterocycles. The zero-order valence-electron chi connectivity index (χ0n) is 16.7. The number of hydrogen-bond acceptors (Lipinski definition) is 6. The van der Waals surface area contributed by atoms with Gasteiger partial charge < -0.3 is 9.64 Å². The minimum Gasteiger partial charge on any atom is -0.497 e. The summed E-state index contributed by atoms with van der Waals surface area (Å²) >= 11 is 0. The number of nitrogens with zero attached hydrogens (tertiary/aromatic N) is 3. The number of benzene rings is 1. The molecule has 7 nitrogen and oxygen atoms in total. The van der Waals surface area contributed by atoms with Gasteiger partial charge in [-0.1, -0.05) is 12.2 Å². The van der Waals surface area contributed by atoms with Crippen molar-refractivity contribution in [1.82, 2.24) is 9.96 Å². The molecular weight excluding hydrogens is 370 g/mol. The minimum atomic E-state index is -0.189. The molecule has 0 radical (unpaired) electrons. The quantitative estimate of drug-likeness (QED) is 0.536. The zero-order chi connectivity index (χ0) is 20.0. The monoisotopic (exact) mass is 397 g/mol. The highest BCUT2D eigenvalue weighted by Gasteiger charge is 2.60. The number of carbonyl (C=O) groups is 2. The third-order valence-corrected chi connectivity index (χ3v) is 6.87. The Bertz CT molecular complexity index is 786. The second kappa shape index (κ2) is 7.46. The largest absolute Gasteiger partial charge is 0.497 e. The Morgan fingerprint density at radius 2 is 1.55 bits per heavy atom. The fraction of sp³-hybridized carbons (Fsp3) is 0.545. The van der Waals surface area contributed by atoms with Gasteiger partial charge in [-0.3, -0.25) is 19.3 Å². The van der Waals surface area contributed by atoms with Crippen molar-refractivity contribution in [2.45, 2.75) is 6.42 Å². The van der Waals surface area contributed by atoms with E-state index in [9.17, 15) is 9.59 Å². The van der Waals surface area contributed by atoms with E-state index in [1.54, 1.807) is 7.11 Å². The first-order chi connectivity index (χ1) is 14.2. The summed E-state index contributed by atoms with van der Waals surface area (Å²) in [7, 11) is 1.67. The maximum atomic E-state index is 12.6. The molecule has 2 heterocycles. The number of rotatable bonds is 6. The van der Waals surface area contributed by atoms with Gasteiger partial charge in [-0.25, -0.2) is 0 Å². The lowest BCUT2D eigenvalue weighted by atomic mass is 9.85. The van der Waals surface area contributed by atoms with Crippen molar-refractivity contribution in [3.05, 3.63) is 36.4 Å². The van der Waals surface area contributed by atoms with Crippen LogP contribution in [0.3, 0.4) is 0 Å². The van der Waals surface area contributed by atoms with Crippen LogP contribution in [0.5, 0.6) is 5.75 Å². The summed E-state index contributed by atoms with van der Waals surface area (Å²) in [6.07, 6.45) is 5.14. The van der Waals surface area contributed by atoms with Gasteiger partial charge in [-0.15, -0.1) is 0 Å². The molecule has 1 saturated carbocycles. The highest BCUT2D eigenvalue weighted by molar-refractivity contribution is 6.05. The maximum Gasteiger partial charge on any atom is 0.258 e. The molecule has 154 valence electrons. The lowest BCUT2D eigenvalue weighted by Crippen LogP contribution is -2.48. The van der Waals surface area contributed by atoms with Gasteiger partial charge in [0.05, 0.1) is 25.6 Å². The van der Waals surface area contributed by atoms with Crippen molar-refractivity contribution < 1.29 is 19.2 Å². The van der Waals surface area contributed by atoms with Crippen LogP contribution in [0.15, 0.2) is 36.4 Å². The Kier molecular flexibility index (Phi) is 4.80. The number of imide groups is 1. The highest BCUT2D eigenvalue weighted by atomic mass is 16.7. The van der Waals surface area contributed by atoms with Crippen molar-refractivity contribution in [2.75, 3.05) is 51.3 Å². The van der Waals surface area contributed by atoms with E-state index in [2.05, 4.69) is 34.1 Å². The normalized spacial score (nSPS) is 31.1. The minimum absolute atomic E-state index is 0.138. The molecule has 1 aromatic carbocycles. The summed E-state index contributed by atoms with van der Waals surface area (Å²) in [5, 5.41) is 1.06. The van der Waals surface area contributed by atoms with E-state index < -0.39 is 0 Å². The maximum absolute atomic E-state index is 12.6. The molecule has 1 aromatic rings.